The smallest absolute Gasteiger partial charge is 0.174 e. The van der Waals surface area contributed by atoms with Crippen molar-refractivity contribution >= 4 is 45.8 Å². The summed E-state index contributed by atoms with van der Waals surface area (Å²) in [5, 5.41) is 10.2. The Labute approximate surface area is 187 Å². The molecule has 6 heteroatoms. The lowest BCUT2D eigenvalue weighted by Crippen LogP contribution is -2.00. The quantitative estimate of drug-likeness (QED) is 0.206. The molecule has 3 aromatic carbocycles. The number of nitrogens with zero attached hydrogens (tertiary/aromatic N) is 1. The van der Waals surface area contributed by atoms with Gasteiger partial charge in [0, 0.05) is 5.02 Å². The third-order valence-corrected chi connectivity index (χ3v) is 5.19. The van der Waals surface area contributed by atoms with Crippen LogP contribution < -0.4 is 9.47 Å². The van der Waals surface area contributed by atoms with Crippen LogP contribution in [0.4, 0.5) is 4.39 Å². The molecular formula is C23H16ClFINO2. The van der Waals surface area contributed by atoms with E-state index in [2.05, 4.69) is 28.7 Å². The van der Waals surface area contributed by atoms with Gasteiger partial charge in [-0.1, -0.05) is 35.9 Å². The molecule has 0 aliphatic heterocycles. The van der Waals surface area contributed by atoms with Gasteiger partial charge < -0.3 is 9.47 Å². The molecule has 0 unspecified atom stereocenters. The Balaban J connectivity index is 1.88. The van der Waals surface area contributed by atoms with Gasteiger partial charge in [-0.2, -0.15) is 5.26 Å². The van der Waals surface area contributed by atoms with Gasteiger partial charge in [0.2, 0.25) is 0 Å². The third-order valence-electron chi connectivity index (χ3n) is 4.13. The molecule has 0 bridgehead atoms. The van der Waals surface area contributed by atoms with Gasteiger partial charge in [0.15, 0.2) is 11.5 Å². The maximum absolute atomic E-state index is 13.1. The minimum Gasteiger partial charge on any atom is -0.493 e. The Hall–Kier alpha value is -2.56. The van der Waals surface area contributed by atoms with Crippen LogP contribution in [-0.4, -0.2) is 7.11 Å². The number of hydrogen-bond donors (Lipinski definition) is 0. The molecule has 29 heavy (non-hydrogen) atoms. The molecule has 0 aliphatic rings. The molecule has 0 heterocycles. The first-order valence-electron chi connectivity index (χ1n) is 8.62. The van der Waals surface area contributed by atoms with Gasteiger partial charge in [0.25, 0.3) is 0 Å². The normalized spacial score (nSPS) is 11.1. The lowest BCUT2D eigenvalue weighted by molar-refractivity contribution is 0.282. The number of hydrogen-bond acceptors (Lipinski definition) is 3. The molecule has 0 aliphatic carbocycles. The van der Waals surface area contributed by atoms with E-state index in [9.17, 15) is 9.65 Å². The van der Waals surface area contributed by atoms with Crippen LogP contribution in [0.2, 0.25) is 5.02 Å². The Bertz CT molecular complexity index is 1070. The minimum absolute atomic E-state index is 0.286. The zero-order chi connectivity index (χ0) is 20.8. The van der Waals surface area contributed by atoms with E-state index in [4.69, 9.17) is 21.1 Å². The Morgan fingerprint density at radius 3 is 2.45 bits per heavy atom. The van der Waals surface area contributed by atoms with Gasteiger partial charge in [0.05, 0.1) is 22.3 Å². The van der Waals surface area contributed by atoms with Gasteiger partial charge >= 0.3 is 0 Å². The van der Waals surface area contributed by atoms with Gasteiger partial charge in [-0.3, -0.25) is 0 Å². The minimum atomic E-state index is -0.286. The molecule has 0 radical (unpaired) electrons. The zero-order valence-electron chi connectivity index (χ0n) is 15.5. The summed E-state index contributed by atoms with van der Waals surface area (Å²) in [5.41, 5.74) is 2.96. The maximum atomic E-state index is 13.1. The summed E-state index contributed by atoms with van der Waals surface area (Å²) in [6.45, 7) is 0.288. The molecule has 0 spiro atoms. The zero-order valence-corrected chi connectivity index (χ0v) is 18.4. The Morgan fingerprint density at radius 1 is 1.14 bits per heavy atom. The first kappa shape index (κ1) is 21.2. The van der Waals surface area contributed by atoms with E-state index in [0.717, 1.165) is 20.3 Å². The fraction of sp³-hybridized carbons (Fsp3) is 0.0870. The van der Waals surface area contributed by atoms with E-state index >= 15 is 0 Å². The lowest BCUT2D eigenvalue weighted by Gasteiger charge is -2.14. The van der Waals surface area contributed by atoms with Crippen LogP contribution in [0.3, 0.4) is 0 Å². The fourth-order valence-corrected chi connectivity index (χ4v) is 3.58. The van der Waals surface area contributed by atoms with Gasteiger partial charge in [-0.25, -0.2) is 4.39 Å². The number of halogens is 3. The summed E-state index contributed by atoms with van der Waals surface area (Å²) in [6.07, 6.45) is 1.79. The number of allylic oxidation sites excluding steroid dienone is 1. The Kier molecular flexibility index (Phi) is 7.13. The summed E-state index contributed by atoms with van der Waals surface area (Å²) in [4.78, 5) is 0. The summed E-state index contributed by atoms with van der Waals surface area (Å²) >= 11 is 8.09. The van der Waals surface area contributed by atoms with Crippen molar-refractivity contribution in [3.8, 4) is 17.6 Å². The molecule has 0 saturated carbocycles. The predicted octanol–water partition coefficient (Wildman–Crippen LogP) is 6.74. The monoisotopic (exact) mass is 519 g/mol. The van der Waals surface area contributed by atoms with Crippen LogP contribution in [0.25, 0.3) is 11.6 Å². The first-order valence-corrected chi connectivity index (χ1v) is 10.1. The lowest BCUT2D eigenvalue weighted by atomic mass is 10.0. The van der Waals surface area contributed by atoms with E-state index in [1.54, 1.807) is 49.6 Å². The van der Waals surface area contributed by atoms with Crippen LogP contribution in [-0.2, 0) is 6.61 Å². The highest BCUT2D eigenvalue weighted by molar-refractivity contribution is 14.1. The molecule has 3 nitrogen and oxygen atoms in total. The van der Waals surface area contributed by atoms with Crippen molar-refractivity contribution < 1.29 is 13.9 Å². The second-order valence-electron chi connectivity index (χ2n) is 6.13. The second kappa shape index (κ2) is 9.77. The predicted molar refractivity (Wildman–Crippen MR) is 121 cm³/mol. The molecule has 0 saturated heterocycles. The third kappa shape index (κ3) is 5.49. The van der Waals surface area contributed by atoms with Gasteiger partial charge in [-0.05, 0) is 81.8 Å². The SMILES string of the molecule is COc1cc(/C=C(\C#N)c2ccc(Cl)cc2)cc(I)c1OCc1ccc(F)cc1. The number of benzene rings is 3. The number of rotatable bonds is 6. The van der Waals surface area contributed by atoms with Crippen molar-refractivity contribution in [1.29, 1.82) is 5.26 Å². The fourth-order valence-electron chi connectivity index (χ4n) is 2.68. The summed E-state index contributed by atoms with van der Waals surface area (Å²) in [5.74, 6) is 0.865. The topological polar surface area (TPSA) is 42.2 Å². The van der Waals surface area contributed by atoms with Crippen molar-refractivity contribution in [3.63, 3.8) is 0 Å². The van der Waals surface area contributed by atoms with Crippen LogP contribution in [0, 0.1) is 20.7 Å². The van der Waals surface area contributed by atoms with Crippen LogP contribution in [0.5, 0.6) is 11.5 Å². The highest BCUT2D eigenvalue weighted by Crippen LogP contribution is 2.35. The van der Waals surface area contributed by atoms with Crippen molar-refractivity contribution in [2.45, 2.75) is 6.61 Å². The van der Waals surface area contributed by atoms with E-state index in [0.29, 0.717) is 22.1 Å². The summed E-state index contributed by atoms with van der Waals surface area (Å²) in [7, 11) is 1.56. The molecule has 146 valence electrons. The number of methoxy groups -OCH3 is 1. The highest BCUT2D eigenvalue weighted by Gasteiger charge is 2.12. The maximum Gasteiger partial charge on any atom is 0.174 e. The molecular weight excluding hydrogens is 504 g/mol. The van der Waals surface area contributed by atoms with E-state index in [1.165, 1.54) is 12.1 Å². The molecule has 3 rings (SSSR count). The first-order chi connectivity index (χ1) is 14.0. The standard InChI is InChI=1S/C23H16ClFINO2/c1-28-22-12-16(10-18(13-27)17-4-6-19(24)7-5-17)11-21(26)23(22)29-14-15-2-8-20(25)9-3-15/h2-12H,14H2,1H3/b18-10+. The van der Waals surface area contributed by atoms with E-state index in [-0.39, 0.29) is 12.4 Å². The van der Waals surface area contributed by atoms with E-state index < -0.39 is 0 Å². The second-order valence-corrected chi connectivity index (χ2v) is 7.72. The number of ether oxygens (including phenoxy) is 2. The molecule has 0 fully saturated rings. The summed E-state index contributed by atoms with van der Waals surface area (Å²) in [6, 6.07) is 19.2. The average Bonchev–Trinajstić information content (AvgIpc) is 2.72. The average molecular weight is 520 g/mol. The number of nitriles is 1. The molecule has 0 amide bonds. The van der Waals surface area contributed by atoms with Crippen molar-refractivity contribution in [1.82, 2.24) is 0 Å². The molecule has 0 aromatic heterocycles. The molecule has 3 aromatic rings. The highest BCUT2D eigenvalue weighted by atomic mass is 127. The van der Waals surface area contributed by atoms with Crippen molar-refractivity contribution in [2.75, 3.05) is 7.11 Å². The van der Waals surface area contributed by atoms with Crippen LogP contribution >= 0.6 is 34.2 Å². The van der Waals surface area contributed by atoms with E-state index in [1.807, 2.05) is 12.1 Å². The van der Waals surface area contributed by atoms with Gasteiger partial charge in [0.1, 0.15) is 12.4 Å². The van der Waals surface area contributed by atoms with Crippen LogP contribution in [0.15, 0.2) is 60.7 Å². The van der Waals surface area contributed by atoms with Crippen molar-refractivity contribution in [2.24, 2.45) is 0 Å². The molecule has 0 atom stereocenters. The summed E-state index contributed by atoms with van der Waals surface area (Å²) < 4.78 is 25.3. The van der Waals surface area contributed by atoms with Crippen LogP contribution in [0.1, 0.15) is 16.7 Å². The largest absolute Gasteiger partial charge is 0.493 e. The van der Waals surface area contributed by atoms with Crippen molar-refractivity contribution in [3.05, 3.63) is 91.8 Å². The molecule has 0 N–H and O–H groups in total. The Morgan fingerprint density at radius 2 is 1.83 bits per heavy atom. The van der Waals surface area contributed by atoms with Gasteiger partial charge in [-0.15, -0.1) is 0 Å².